The van der Waals surface area contributed by atoms with Crippen molar-refractivity contribution in [1.82, 2.24) is 0 Å². The molecule has 0 radical (unpaired) electrons. The van der Waals surface area contributed by atoms with Gasteiger partial charge in [0.1, 0.15) is 0 Å². The van der Waals surface area contributed by atoms with Gasteiger partial charge in [-0.3, -0.25) is 4.99 Å². The molecule has 0 heterocycles. The van der Waals surface area contributed by atoms with Crippen molar-refractivity contribution in [2.24, 2.45) is 10.9 Å². The first-order valence-corrected chi connectivity index (χ1v) is 6.06. The highest BCUT2D eigenvalue weighted by atomic mass is 14.7. The fourth-order valence-corrected chi connectivity index (χ4v) is 1.45. The molecule has 15 heavy (non-hydrogen) atoms. The second-order valence-electron chi connectivity index (χ2n) is 3.89. The SMILES string of the molecule is C=CCC(C=C)CCCC=NCCCC. The zero-order valence-electron chi connectivity index (χ0n) is 10.1. The number of unbranched alkanes of at least 4 members (excludes halogenated alkanes) is 2. The molecule has 1 atom stereocenters. The van der Waals surface area contributed by atoms with Crippen molar-refractivity contribution in [3.05, 3.63) is 25.3 Å². The molecule has 0 aliphatic rings. The van der Waals surface area contributed by atoms with E-state index in [1.165, 1.54) is 25.7 Å². The molecule has 0 rings (SSSR count). The van der Waals surface area contributed by atoms with Crippen molar-refractivity contribution in [3.63, 3.8) is 0 Å². The standard InChI is InChI=1S/C14H25N/c1-4-7-12-15-13-9-8-11-14(6-3)10-5-2/h5-6,13-14H,2-4,7-12H2,1H3. The minimum atomic E-state index is 0.603. The molecule has 1 unspecified atom stereocenters. The van der Waals surface area contributed by atoms with E-state index in [1.807, 2.05) is 12.2 Å². The van der Waals surface area contributed by atoms with Crippen molar-refractivity contribution in [2.75, 3.05) is 6.54 Å². The second kappa shape index (κ2) is 11.2. The number of hydrogen-bond acceptors (Lipinski definition) is 1. The average Bonchev–Trinajstić information content (AvgIpc) is 2.26. The Kier molecular flexibility index (Phi) is 10.6. The molecule has 0 aromatic rings. The molecule has 86 valence electrons. The van der Waals surface area contributed by atoms with Gasteiger partial charge in [0.2, 0.25) is 0 Å². The third kappa shape index (κ3) is 9.45. The Morgan fingerprint density at radius 3 is 2.67 bits per heavy atom. The van der Waals surface area contributed by atoms with Gasteiger partial charge in [-0.05, 0) is 44.2 Å². The Bertz CT molecular complexity index is 182. The molecule has 0 fully saturated rings. The Balaban J connectivity index is 3.38. The largest absolute Gasteiger partial charge is 0.298 e. The molecule has 0 bridgehead atoms. The van der Waals surface area contributed by atoms with Crippen LogP contribution in [0.15, 0.2) is 30.3 Å². The van der Waals surface area contributed by atoms with Gasteiger partial charge in [-0.15, -0.1) is 13.2 Å². The van der Waals surface area contributed by atoms with Crippen molar-refractivity contribution in [1.29, 1.82) is 0 Å². The summed E-state index contributed by atoms with van der Waals surface area (Å²) < 4.78 is 0. The van der Waals surface area contributed by atoms with Crippen LogP contribution >= 0.6 is 0 Å². The highest BCUT2D eigenvalue weighted by Crippen LogP contribution is 2.13. The molecule has 0 aromatic heterocycles. The first kappa shape index (κ1) is 14.2. The van der Waals surface area contributed by atoms with Gasteiger partial charge in [0.25, 0.3) is 0 Å². The van der Waals surface area contributed by atoms with E-state index >= 15 is 0 Å². The molecular weight excluding hydrogens is 182 g/mol. The first-order valence-electron chi connectivity index (χ1n) is 6.06. The summed E-state index contributed by atoms with van der Waals surface area (Å²) in [5, 5.41) is 0. The van der Waals surface area contributed by atoms with E-state index in [2.05, 4.69) is 31.3 Å². The van der Waals surface area contributed by atoms with E-state index in [4.69, 9.17) is 0 Å². The van der Waals surface area contributed by atoms with Gasteiger partial charge in [-0.2, -0.15) is 0 Å². The van der Waals surface area contributed by atoms with Crippen molar-refractivity contribution < 1.29 is 0 Å². The molecule has 0 saturated carbocycles. The van der Waals surface area contributed by atoms with Crippen LogP contribution in [0.2, 0.25) is 0 Å². The third-order valence-electron chi connectivity index (χ3n) is 2.48. The molecular formula is C14H25N. The van der Waals surface area contributed by atoms with Gasteiger partial charge < -0.3 is 0 Å². The van der Waals surface area contributed by atoms with Crippen LogP contribution < -0.4 is 0 Å². The van der Waals surface area contributed by atoms with E-state index in [-0.39, 0.29) is 0 Å². The van der Waals surface area contributed by atoms with E-state index in [1.54, 1.807) is 0 Å². The van der Waals surface area contributed by atoms with Gasteiger partial charge in [0, 0.05) is 6.54 Å². The van der Waals surface area contributed by atoms with E-state index in [9.17, 15) is 0 Å². The highest BCUT2D eigenvalue weighted by molar-refractivity contribution is 5.56. The lowest BCUT2D eigenvalue weighted by molar-refractivity contribution is 0.579. The zero-order valence-corrected chi connectivity index (χ0v) is 10.1. The summed E-state index contributed by atoms with van der Waals surface area (Å²) in [5.74, 6) is 0.603. The second-order valence-corrected chi connectivity index (χ2v) is 3.89. The Morgan fingerprint density at radius 2 is 2.07 bits per heavy atom. The normalized spacial score (nSPS) is 12.9. The Labute approximate surface area is 95.0 Å². The van der Waals surface area contributed by atoms with E-state index < -0.39 is 0 Å². The lowest BCUT2D eigenvalue weighted by Crippen LogP contribution is -1.94. The predicted molar refractivity (Wildman–Crippen MR) is 70.6 cm³/mol. The summed E-state index contributed by atoms with van der Waals surface area (Å²) in [7, 11) is 0. The number of aliphatic imine (C=N–C) groups is 1. The third-order valence-corrected chi connectivity index (χ3v) is 2.48. The lowest BCUT2D eigenvalue weighted by atomic mass is 9.99. The maximum absolute atomic E-state index is 4.36. The summed E-state index contributed by atoms with van der Waals surface area (Å²) in [6, 6.07) is 0. The number of nitrogens with zero attached hydrogens (tertiary/aromatic N) is 1. The summed E-state index contributed by atoms with van der Waals surface area (Å²) in [6.07, 6.45) is 13.1. The van der Waals surface area contributed by atoms with E-state index in [0.29, 0.717) is 5.92 Å². The van der Waals surface area contributed by atoms with Crippen LogP contribution in [0.1, 0.15) is 45.4 Å². The van der Waals surface area contributed by atoms with Crippen LogP contribution in [0.3, 0.4) is 0 Å². The predicted octanol–water partition coefficient (Wildman–Crippen LogP) is 4.41. The van der Waals surface area contributed by atoms with Gasteiger partial charge >= 0.3 is 0 Å². The summed E-state index contributed by atoms with van der Waals surface area (Å²) in [5.41, 5.74) is 0. The number of rotatable bonds is 10. The van der Waals surface area contributed by atoms with Gasteiger partial charge in [-0.1, -0.05) is 25.5 Å². The highest BCUT2D eigenvalue weighted by Gasteiger charge is 1.99. The molecule has 0 saturated heterocycles. The number of hydrogen-bond donors (Lipinski definition) is 0. The summed E-state index contributed by atoms with van der Waals surface area (Å²) in [4.78, 5) is 4.36. The average molecular weight is 207 g/mol. The van der Waals surface area contributed by atoms with Crippen molar-refractivity contribution in [3.8, 4) is 0 Å². The summed E-state index contributed by atoms with van der Waals surface area (Å²) >= 11 is 0. The monoisotopic (exact) mass is 207 g/mol. The molecule has 1 nitrogen and oxygen atoms in total. The van der Waals surface area contributed by atoms with Gasteiger partial charge in [0.15, 0.2) is 0 Å². The minimum absolute atomic E-state index is 0.603. The van der Waals surface area contributed by atoms with Crippen LogP contribution in [0.5, 0.6) is 0 Å². The Hall–Kier alpha value is -0.850. The van der Waals surface area contributed by atoms with Crippen molar-refractivity contribution in [2.45, 2.75) is 45.4 Å². The molecule has 0 aliphatic heterocycles. The smallest absolute Gasteiger partial charge is 0.0385 e. The molecule has 0 N–H and O–H groups in total. The number of allylic oxidation sites excluding steroid dienone is 2. The maximum Gasteiger partial charge on any atom is 0.0385 e. The molecule has 1 heteroatoms. The lowest BCUT2D eigenvalue weighted by Gasteiger charge is -2.07. The van der Waals surface area contributed by atoms with Crippen molar-refractivity contribution >= 4 is 6.21 Å². The molecule has 0 aliphatic carbocycles. The van der Waals surface area contributed by atoms with Crippen LogP contribution in [0.4, 0.5) is 0 Å². The van der Waals surface area contributed by atoms with Crippen LogP contribution in [-0.2, 0) is 0 Å². The minimum Gasteiger partial charge on any atom is -0.298 e. The summed E-state index contributed by atoms with van der Waals surface area (Å²) in [6.45, 7) is 10.8. The molecule has 0 aromatic carbocycles. The zero-order chi connectivity index (χ0) is 11.4. The first-order chi connectivity index (χ1) is 7.35. The Morgan fingerprint density at radius 1 is 1.27 bits per heavy atom. The molecule has 0 amide bonds. The fraction of sp³-hybridized carbons (Fsp3) is 0.643. The van der Waals surface area contributed by atoms with Crippen LogP contribution in [-0.4, -0.2) is 12.8 Å². The van der Waals surface area contributed by atoms with Crippen LogP contribution in [0.25, 0.3) is 0 Å². The molecule has 0 spiro atoms. The van der Waals surface area contributed by atoms with Crippen LogP contribution in [0, 0.1) is 5.92 Å². The fourth-order valence-electron chi connectivity index (χ4n) is 1.45. The maximum atomic E-state index is 4.36. The van der Waals surface area contributed by atoms with E-state index in [0.717, 1.165) is 19.4 Å². The quantitative estimate of drug-likeness (QED) is 0.286. The van der Waals surface area contributed by atoms with Gasteiger partial charge in [-0.25, -0.2) is 0 Å². The van der Waals surface area contributed by atoms with Gasteiger partial charge in [0.05, 0.1) is 0 Å². The topological polar surface area (TPSA) is 12.4 Å².